The van der Waals surface area contributed by atoms with Crippen LogP contribution in [0.5, 0.6) is 0 Å². The number of hydrogen-bond donors (Lipinski definition) is 0. The predicted octanol–water partition coefficient (Wildman–Crippen LogP) is 6.43. The van der Waals surface area contributed by atoms with Crippen LogP contribution in [-0.2, 0) is 11.8 Å². The van der Waals surface area contributed by atoms with E-state index in [9.17, 15) is 9.59 Å². The van der Waals surface area contributed by atoms with Crippen molar-refractivity contribution in [3.05, 3.63) is 121 Å². The van der Waals surface area contributed by atoms with Gasteiger partial charge in [-0.05, 0) is 54.6 Å². The molecule has 2 heterocycles. The van der Waals surface area contributed by atoms with Gasteiger partial charge < -0.3 is 0 Å². The van der Waals surface area contributed by atoms with Gasteiger partial charge in [0.1, 0.15) is 0 Å². The summed E-state index contributed by atoms with van der Waals surface area (Å²) in [6.45, 7) is 1.81. The monoisotopic (exact) mass is 561 g/mol. The second-order valence-electron chi connectivity index (χ2n) is 8.32. The lowest BCUT2D eigenvalue weighted by Gasteiger charge is -2.08. The molecule has 0 atom stereocenters. The number of thioether (sulfide) groups is 1. The zero-order valence-electron chi connectivity index (χ0n) is 20.4. The van der Waals surface area contributed by atoms with Crippen molar-refractivity contribution >= 4 is 64.0 Å². The van der Waals surface area contributed by atoms with Gasteiger partial charge in [-0.15, -0.1) is 0 Å². The number of hydrogen-bond acceptors (Lipinski definition) is 5. The molecule has 1 amide bonds. The minimum atomic E-state index is -0.394. The molecule has 10 heteroatoms. The van der Waals surface area contributed by atoms with Gasteiger partial charge in [-0.25, -0.2) is 9.67 Å². The molecule has 1 aliphatic rings. The van der Waals surface area contributed by atoms with Gasteiger partial charge in [-0.1, -0.05) is 77.8 Å². The summed E-state index contributed by atoms with van der Waals surface area (Å²) in [4.78, 5) is 32.0. The van der Waals surface area contributed by atoms with E-state index in [4.69, 9.17) is 23.2 Å². The maximum Gasteiger partial charge on any atom is 0.297 e. The van der Waals surface area contributed by atoms with Crippen LogP contribution in [0.15, 0.2) is 98.7 Å². The molecular formula is C28H21Cl2N5O2S. The number of benzene rings is 3. The highest BCUT2D eigenvalue weighted by atomic mass is 35.5. The van der Waals surface area contributed by atoms with Crippen LogP contribution < -0.4 is 5.56 Å². The summed E-state index contributed by atoms with van der Waals surface area (Å²) in [5, 5.41) is 6.82. The topological polar surface area (TPSA) is 72.0 Å². The molecule has 1 saturated heterocycles. The Bertz CT molecular complexity index is 1690. The number of carbonyl (C=O) groups is 1. The summed E-state index contributed by atoms with van der Waals surface area (Å²) >= 11 is 13.7. The SMILES string of the molecule is Cc1c(N=C2S/C(=C\c3ccccc3Cl)C(=O)N2/N=C/c2ccccc2Cl)c(=O)n(-c2ccccc2)n1C. The molecule has 0 radical (unpaired) electrons. The third-order valence-corrected chi connectivity index (χ3v) is 7.57. The number of amides is 1. The molecule has 4 aromatic rings. The molecule has 1 fully saturated rings. The van der Waals surface area contributed by atoms with Gasteiger partial charge in [0.25, 0.3) is 11.5 Å². The second kappa shape index (κ2) is 10.9. The number of rotatable bonds is 5. The van der Waals surface area contributed by atoms with Crippen LogP contribution in [0.3, 0.4) is 0 Å². The summed E-state index contributed by atoms with van der Waals surface area (Å²) < 4.78 is 3.27. The molecule has 0 saturated carbocycles. The van der Waals surface area contributed by atoms with Crippen molar-refractivity contribution in [1.29, 1.82) is 0 Å². The van der Waals surface area contributed by atoms with E-state index in [0.29, 0.717) is 37.5 Å². The third kappa shape index (κ3) is 4.98. The van der Waals surface area contributed by atoms with Crippen LogP contribution >= 0.6 is 35.0 Å². The first kappa shape index (κ1) is 25.8. The van der Waals surface area contributed by atoms with Crippen molar-refractivity contribution < 1.29 is 4.79 Å². The Balaban J connectivity index is 1.62. The van der Waals surface area contributed by atoms with Crippen molar-refractivity contribution in [2.75, 3.05) is 0 Å². The number of aliphatic imine (C=N–C) groups is 1. The lowest BCUT2D eigenvalue weighted by Crippen LogP contribution is -2.24. The number of carbonyl (C=O) groups excluding carboxylic acids is 1. The van der Waals surface area contributed by atoms with Gasteiger partial charge in [0.05, 0.1) is 22.5 Å². The minimum absolute atomic E-state index is 0.212. The van der Waals surface area contributed by atoms with Crippen LogP contribution in [0.2, 0.25) is 10.0 Å². The smallest absolute Gasteiger partial charge is 0.283 e. The van der Waals surface area contributed by atoms with Crippen molar-refractivity contribution in [3.8, 4) is 5.69 Å². The van der Waals surface area contributed by atoms with E-state index in [0.717, 1.165) is 11.8 Å². The highest BCUT2D eigenvalue weighted by Crippen LogP contribution is 2.35. The first-order chi connectivity index (χ1) is 18.3. The lowest BCUT2D eigenvalue weighted by molar-refractivity contribution is -0.122. The highest BCUT2D eigenvalue weighted by molar-refractivity contribution is 8.18. The van der Waals surface area contributed by atoms with Crippen LogP contribution in [0.4, 0.5) is 5.69 Å². The average molecular weight is 562 g/mol. The first-order valence-electron chi connectivity index (χ1n) is 11.5. The van der Waals surface area contributed by atoms with E-state index in [-0.39, 0.29) is 16.4 Å². The van der Waals surface area contributed by atoms with Crippen LogP contribution in [0.1, 0.15) is 16.8 Å². The van der Waals surface area contributed by atoms with Gasteiger partial charge in [-0.3, -0.25) is 14.3 Å². The third-order valence-electron chi connectivity index (χ3n) is 5.93. The number of hydrazone groups is 1. The molecule has 7 nitrogen and oxygen atoms in total. The van der Waals surface area contributed by atoms with Crippen molar-refractivity contribution in [2.24, 2.45) is 17.1 Å². The van der Waals surface area contributed by atoms with E-state index in [2.05, 4.69) is 10.1 Å². The maximum atomic E-state index is 13.5. The molecule has 38 heavy (non-hydrogen) atoms. The van der Waals surface area contributed by atoms with Crippen molar-refractivity contribution in [1.82, 2.24) is 14.4 Å². The second-order valence-corrected chi connectivity index (χ2v) is 10.1. The normalized spacial score (nSPS) is 15.9. The first-order valence-corrected chi connectivity index (χ1v) is 13.1. The number of halogens is 2. The number of nitrogens with zero attached hydrogens (tertiary/aromatic N) is 5. The lowest BCUT2D eigenvalue weighted by atomic mass is 10.2. The zero-order valence-corrected chi connectivity index (χ0v) is 22.7. The molecule has 5 rings (SSSR count). The van der Waals surface area contributed by atoms with E-state index in [1.165, 1.54) is 15.9 Å². The largest absolute Gasteiger partial charge is 0.297 e. The fraction of sp³-hybridized carbons (Fsp3) is 0.0714. The fourth-order valence-corrected chi connectivity index (χ4v) is 5.14. The van der Waals surface area contributed by atoms with Crippen molar-refractivity contribution in [2.45, 2.75) is 6.92 Å². The van der Waals surface area contributed by atoms with Crippen LogP contribution in [0, 0.1) is 6.92 Å². The van der Waals surface area contributed by atoms with Crippen LogP contribution in [0.25, 0.3) is 11.8 Å². The molecule has 0 unspecified atom stereocenters. The molecule has 1 aliphatic heterocycles. The number of para-hydroxylation sites is 1. The van der Waals surface area contributed by atoms with Gasteiger partial charge in [0, 0.05) is 22.7 Å². The average Bonchev–Trinajstić information content (AvgIpc) is 3.32. The Morgan fingerprint density at radius 3 is 2.11 bits per heavy atom. The molecule has 0 N–H and O–H groups in total. The Labute approximate surface area is 233 Å². The summed E-state index contributed by atoms with van der Waals surface area (Å²) in [6, 6.07) is 23.7. The Kier molecular flexibility index (Phi) is 7.37. The summed E-state index contributed by atoms with van der Waals surface area (Å²) in [6.07, 6.45) is 3.19. The molecule has 1 aromatic heterocycles. The molecular weight excluding hydrogens is 541 g/mol. The van der Waals surface area contributed by atoms with E-state index >= 15 is 0 Å². The fourth-order valence-electron chi connectivity index (χ4n) is 3.85. The van der Waals surface area contributed by atoms with E-state index in [1.807, 2.05) is 60.7 Å². The van der Waals surface area contributed by atoms with Gasteiger partial charge in [0.15, 0.2) is 10.9 Å². The number of amidine groups is 1. The Hall–Kier alpha value is -3.85. The Morgan fingerprint density at radius 2 is 1.45 bits per heavy atom. The molecule has 0 bridgehead atoms. The van der Waals surface area contributed by atoms with Gasteiger partial charge >= 0.3 is 0 Å². The summed E-state index contributed by atoms with van der Waals surface area (Å²) in [5.41, 5.74) is 2.57. The van der Waals surface area contributed by atoms with E-state index in [1.54, 1.807) is 42.9 Å². The molecule has 190 valence electrons. The molecule has 0 aliphatic carbocycles. The zero-order chi connectivity index (χ0) is 26.8. The minimum Gasteiger partial charge on any atom is -0.283 e. The highest BCUT2D eigenvalue weighted by Gasteiger charge is 2.34. The van der Waals surface area contributed by atoms with E-state index < -0.39 is 5.91 Å². The molecule has 0 spiro atoms. The summed E-state index contributed by atoms with van der Waals surface area (Å²) in [7, 11) is 1.79. The van der Waals surface area contributed by atoms with Crippen molar-refractivity contribution in [3.63, 3.8) is 0 Å². The summed E-state index contributed by atoms with van der Waals surface area (Å²) in [5.74, 6) is -0.394. The quantitative estimate of drug-likeness (QED) is 0.208. The predicted molar refractivity (Wildman–Crippen MR) is 156 cm³/mol. The van der Waals surface area contributed by atoms with Gasteiger partial charge in [-0.2, -0.15) is 10.1 Å². The molecule has 3 aromatic carbocycles. The maximum absolute atomic E-state index is 13.5. The standard InChI is InChI=1S/C28H21Cl2N5O2S/c1-18-25(27(37)35(33(18)2)21-12-4-3-5-13-21)32-28-34(31-17-20-11-7-9-15-23(20)30)26(36)24(38-28)16-19-10-6-8-14-22(19)29/h3-17H,1-2H3/b24-16-,31-17+,32-28?. The van der Waals surface area contributed by atoms with Gasteiger partial charge in [0.2, 0.25) is 0 Å². The van der Waals surface area contributed by atoms with Crippen LogP contribution in [-0.4, -0.2) is 31.7 Å². The number of aromatic nitrogens is 2. The Morgan fingerprint density at radius 1 is 0.842 bits per heavy atom.